The predicted octanol–water partition coefficient (Wildman–Crippen LogP) is 3.03. The van der Waals surface area contributed by atoms with E-state index in [0.717, 1.165) is 22.4 Å². The minimum atomic E-state index is -0.605. The molecule has 3 N–H and O–H groups in total. The Morgan fingerprint density at radius 3 is 2.32 bits per heavy atom. The van der Waals surface area contributed by atoms with Gasteiger partial charge < -0.3 is 15.7 Å². The molecular formula is C18H22N2O2. The number of hydrogen-bond acceptors (Lipinski definition) is 2. The number of aliphatic hydroxyl groups excluding tert-OH is 1. The van der Waals surface area contributed by atoms with Gasteiger partial charge in [0, 0.05) is 18.7 Å². The lowest BCUT2D eigenvalue weighted by molar-refractivity contribution is 0.172. The van der Waals surface area contributed by atoms with Crippen LogP contribution < -0.4 is 10.6 Å². The van der Waals surface area contributed by atoms with Gasteiger partial charge in [-0.25, -0.2) is 4.79 Å². The Hall–Kier alpha value is -2.33. The van der Waals surface area contributed by atoms with Crippen molar-refractivity contribution in [1.29, 1.82) is 0 Å². The normalized spacial score (nSPS) is 11.8. The molecule has 2 aromatic carbocycles. The second kappa shape index (κ2) is 7.61. The molecule has 0 saturated carbocycles. The first-order valence-electron chi connectivity index (χ1n) is 7.39. The van der Waals surface area contributed by atoms with Crippen LogP contribution in [-0.2, 0) is 6.42 Å². The second-order valence-electron chi connectivity index (χ2n) is 5.45. The van der Waals surface area contributed by atoms with E-state index in [2.05, 4.69) is 10.6 Å². The van der Waals surface area contributed by atoms with Gasteiger partial charge >= 0.3 is 6.03 Å². The van der Waals surface area contributed by atoms with Crippen LogP contribution in [-0.4, -0.2) is 23.8 Å². The van der Waals surface area contributed by atoms with Crippen molar-refractivity contribution in [2.45, 2.75) is 26.4 Å². The first-order chi connectivity index (χ1) is 10.6. The highest BCUT2D eigenvalue weighted by atomic mass is 16.3. The number of anilines is 1. The van der Waals surface area contributed by atoms with Crippen molar-refractivity contribution >= 4 is 11.7 Å². The Balaban J connectivity index is 1.83. The predicted molar refractivity (Wildman–Crippen MR) is 89.1 cm³/mol. The molecule has 0 aliphatic heterocycles. The lowest BCUT2D eigenvalue weighted by Crippen LogP contribution is -2.36. The van der Waals surface area contributed by atoms with E-state index in [0.29, 0.717) is 6.42 Å². The summed E-state index contributed by atoms with van der Waals surface area (Å²) in [5, 5.41) is 15.5. The molecule has 2 aromatic rings. The van der Waals surface area contributed by atoms with Gasteiger partial charge in [0.2, 0.25) is 0 Å². The van der Waals surface area contributed by atoms with Gasteiger partial charge in [0.05, 0.1) is 6.10 Å². The molecule has 0 fully saturated rings. The van der Waals surface area contributed by atoms with Gasteiger partial charge in [-0.05, 0) is 30.5 Å². The Labute approximate surface area is 131 Å². The number of amides is 2. The Bertz CT molecular complexity index is 606. The number of rotatable bonds is 5. The van der Waals surface area contributed by atoms with E-state index in [9.17, 15) is 9.90 Å². The number of benzene rings is 2. The molecule has 0 saturated heterocycles. The van der Waals surface area contributed by atoms with Gasteiger partial charge in [-0.15, -0.1) is 0 Å². The van der Waals surface area contributed by atoms with E-state index in [1.807, 2.05) is 62.4 Å². The molecule has 0 spiro atoms. The van der Waals surface area contributed by atoms with Gasteiger partial charge in [-0.1, -0.05) is 48.5 Å². The van der Waals surface area contributed by atoms with Crippen molar-refractivity contribution in [3.8, 4) is 0 Å². The third-order valence-corrected chi connectivity index (χ3v) is 3.53. The van der Waals surface area contributed by atoms with Crippen molar-refractivity contribution in [1.82, 2.24) is 5.32 Å². The minimum Gasteiger partial charge on any atom is -0.391 e. The average Bonchev–Trinajstić information content (AvgIpc) is 2.50. The van der Waals surface area contributed by atoms with Crippen LogP contribution >= 0.6 is 0 Å². The summed E-state index contributed by atoms with van der Waals surface area (Å²) in [5.74, 6) is 0. The van der Waals surface area contributed by atoms with E-state index in [-0.39, 0.29) is 12.6 Å². The van der Waals surface area contributed by atoms with Gasteiger partial charge in [0.15, 0.2) is 0 Å². The van der Waals surface area contributed by atoms with Crippen LogP contribution in [0.2, 0.25) is 0 Å². The Morgan fingerprint density at radius 1 is 1.05 bits per heavy atom. The highest BCUT2D eigenvalue weighted by Crippen LogP contribution is 2.18. The molecule has 2 amide bonds. The highest BCUT2D eigenvalue weighted by molar-refractivity contribution is 5.90. The number of carbonyl (C=O) groups is 1. The number of nitrogens with one attached hydrogen (secondary N) is 2. The molecule has 116 valence electrons. The fourth-order valence-corrected chi connectivity index (χ4v) is 2.34. The Kier molecular flexibility index (Phi) is 5.55. The lowest BCUT2D eigenvalue weighted by atomic mass is 10.1. The zero-order valence-electron chi connectivity index (χ0n) is 13.0. The quantitative estimate of drug-likeness (QED) is 0.794. The van der Waals surface area contributed by atoms with Crippen LogP contribution in [0.4, 0.5) is 10.5 Å². The molecule has 4 nitrogen and oxygen atoms in total. The van der Waals surface area contributed by atoms with Crippen molar-refractivity contribution in [3.63, 3.8) is 0 Å². The maximum Gasteiger partial charge on any atom is 0.319 e. The monoisotopic (exact) mass is 298 g/mol. The van der Waals surface area contributed by atoms with Crippen LogP contribution in [0.5, 0.6) is 0 Å². The topological polar surface area (TPSA) is 61.4 Å². The summed E-state index contributed by atoms with van der Waals surface area (Å²) >= 11 is 0. The molecule has 0 radical (unpaired) electrons. The highest BCUT2D eigenvalue weighted by Gasteiger charge is 2.10. The second-order valence-corrected chi connectivity index (χ2v) is 5.45. The summed E-state index contributed by atoms with van der Waals surface area (Å²) < 4.78 is 0. The smallest absolute Gasteiger partial charge is 0.319 e. The molecular weight excluding hydrogens is 276 g/mol. The number of aliphatic hydroxyl groups is 1. The molecule has 0 heterocycles. The van der Waals surface area contributed by atoms with E-state index in [1.54, 1.807) is 0 Å². The summed E-state index contributed by atoms with van der Waals surface area (Å²) in [4.78, 5) is 11.9. The van der Waals surface area contributed by atoms with Crippen LogP contribution in [0.3, 0.4) is 0 Å². The molecule has 0 aromatic heterocycles. The standard InChI is InChI=1S/C18H22N2O2/c1-13-7-6-8-14(2)17(13)20-18(22)19-12-16(21)11-15-9-4-3-5-10-15/h3-10,16,21H,11-12H2,1-2H3,(H2,19,20,22). The van der Waals surface area contributed by atoms with E-state index in [1.165, 1.54) is 0 Å². The van der Waals surface area contributed by atoms with E-state index < -0.39 is 6.10 Å². The summed E-state index contributed by atoms with van der Waals surface area (Å²) in [6.07, 6.45) is -0.0871. The van der Waals surface area contributed by atoms with Crippen LogP contribution in [0.1, 0.15) is 16.7 Å². The zero-order chi connectivity index (χ0) is 15.9. The van der Waals surface area contributed by atoms with Gasteiger partial charge in [-0.3, -0.25) is 0 Å². The third kappa shape index (κ3) is 4.60. The van der Waals surface area contributed by atoms with Crippen LogP contribution in [0.15, 0.2) is 48.5 Å². The van der Waals surface area contributed by atoms with Crippen molar-refractivity contribution in [2.24, 2.45) is 0 Å². The summed E-state index contributed by atoms with van der Waals surface area (Å²) in [5.41, 5.74) is 3.89. The van der Waals surface area contributed by atoms with E-state index in [4.69, 9.17) is 0 Å². The summed E-state index contributed by atoms with van der Waals surface area (Å²) in [7, 11) is 0. The van der Waals surface area contributed by atoms with Crippen LogP contribution in [0.25, 0.3) is 0 Å². The number of urea groups is 1. The number of para-hydroxylation sites is 1. The molecule has 1 atom stereocenters. The van der Waals surface area contributed by atoms with Gasteiger partial charge in [-0.2, -0.15) is 0 Å². The first kappa shape index (κ1) is 16.0. The molecule has 1 unspecified atom stereocenters. The minimum absolute atomic E-state index is 0.214. The maximum atomic E-state index is 11.9. The zero-order valence-corrected chi connectivity index (χ0v) is 13.0. The fourth-order valence-electron chi connectivity index (χ4n) is 2.34. The van der Waals surface area contributed by atoms with Gasteiger partial charge in [0.1, 0.15) is 0 Å². The molecule has 22 heavy (non-hydrogen) atoms. The molecule has 0 bridgehead atoms. The first-order valence-corrected chi connectivity index (χ1v) is 7.39. The Morgan fingerprint density at radius 2 is 1.68 bits per heavy atom. The maximum absolute atomic E-state index is 11.9. The number of carbonyl (C=O) groups excluding carboxylic acids is 1. The largest absolute Gasteiger partial charge is 0.391 e. The van der Waals surface area contributed by atoms with Crippen molar-refractivity contribution in [2.75, 3.05) is 11.9 Å². The van der Waals surface area contributed by atoms with Gasteiger partial charge in [0.25, 0.3) is 0 Å². The average molecular weight is 298 g/mol. The third-order valence-electron chi connectivity index (χ3n) is 3.53. The number of aryl methyl sites for hydroxylation is 2. The lowest BCUT2D eigenvalue weighted by Gasteiger charge is -2.15. The SMILES string of the molecule is Cc1cccc(C)c1NC(=O)NCC(O)Cc1ccccc1. The van der Waals surface area contributed by atoms with E-state index >= 15 is 0 Å². The van der Waals surface area contributed by atoms with Crippen molar-refractivity contribution in [3.05, 3.63) is 65.2 Å². The summed E-state index contributed by atoms with van der Waals surface area (Å²) in [6, 6.07) is 15.3. The molecule has 2 rings (SSSR count). The fraction of sp³-hybridized carbons (Fsp3) is 0.278. The van der Waals surface area contributed by atoms with Crippen molar-refractivity contribution < 1.29 is 9.90 Å². The molecule has 0 aliphatic carbocycles. The summed E-state index contributed by atoms with van der Waals surface area (Å²) in [6.45, 7) is 4.12. The van der Waals surface area contributed by atoms with Crippen LogP contribution in [0, 0.1) is 13.8 Å². The molecule has 4 heteroatoms. The number of hydrogen-bond donors (Lipinski definition) is 3. The molecule has 0 aliphatic rings.